The van der Waals surface area contributed by atoms with Gasteiger partial charge in [0.1, 0.15) is 0 Å². The van der Waals surface area contributed by atoms with Gasteiger partial charge in [0.25, 0.3) is 6.33 Å². The first-order valence-corrected chi connectivity index (χ1v) is 4.43. The Hall–Kier alpha value is -1.97. The number of imidazole rings is 1. The average molecular weight is 188 g/mol. The molecule has 0 amide bonds. The largest absolute Gasteiger partial charge is 0.415 e. The van der Waals surface area contributed by atoms with Crippen LogP contribution in [-0.4, -0.2) is 4.68 Å². The van der Waals surface area contributed by atoms with Crippen molar-refractivity contribution >= 4 is 16.8 Å². The number of hydrogen-bond donors (Lipinski definition) is 1. The Morgan fingerprint density at radius 2 is 2.14 bits per heavy atom. The van der Waals surface area contributed by atoms with Crippen molar-refractivity contribution in [2.45, 2.75) is 6.92 Å². The normalized spacial score (nSPS) is 11.5. The highest BCUT2D eigenvalue weighted by Gasteiger charge is 2.19. The van der Waals surface area contributed by atoms with Crippen LogP contribution < -0.4 is 10.2 Å². The minimum absolute atomic E-state index is 0.800. The molecule has 0 fully saturated rings. The number of oxazole rings is 1. The summed E-state index contributed by atoms with van der Waals surface area (Å²) in [4.78, 5) is 0. The van der Waals surface area contributed by atoms with E-state index >= 15 is 0 Å². The van der Waals surface area contributed by atoms with E-state index in [1.807, 2.05) is 41.9 Å². The van der Waals surface area contributed by atoms with Crippen LogP contribution in [0.1, 0.15) is 5.69 Å². The van der Waals surface area contributed by atoms with Crippen LogP contribution in [0.4, 0.5) is 0 Å². The Balaban J connectivity index is 2.60. The van der Waals surface area contributed by atoms with E-state index in [0.717, 1.165) is 22.5 Å². The van der Waals surface area contributed by atoms with Gasteiger partial charge in [0.15, 0.2) is 11.1 Å². The molecule has 2 N–H and O–H groups in total. The van der Waals surface area contributed by atoms with Crippen molar-refractivity contribution in [1.82, 2.24) is 4.68 Å². The van der Waals surface area contributed by atoms with Gasteiger partial charge in [-0.15, -0.1) is 4.68 Å². The molecule has 0 atom stereocenters. The van der Waals surface area contributed by atoms with Crippen LogP contribution >= 0.6 is 0 Å². The third-order valence-electron chi connectivity index (χ3n) is 2.49. The summed E-state index contributed by atoms with van der Waals surface area (Å²) in [6, 6.07) is 7.89. The first kappa shape index (κ1) is 7.44. The number of fused-ring (bicyclic) bond motifs is 3. The van der Waals surface area contributed by atoms with Gasteiger partial charge in [-0.2, -0.15) is 4.40 Å². The van der Waals surface area contributed by atoms with Crippen LogP contribution in [0.15, 0.2) is 35.0 Å². The van der Waals surface area contributed by atoms with Crippen LogP contribution in [0.3, 0.4) is 0 Å². The van der Waals surface area contributed by atoms with Crippen LogP contribution in [0.25, 0.3) is 16.8 Å². The Morgan fingerprint density at radius 3 is 3.00 bits per heavy atom. The summed E-state index contributed by atoms with van der Waals surface area (Å²) < 4.78 is 9.18. The Morgan fingerprint density at radius 1 is 1.36 bits per heavy atom. The number of nitrogen functional groups attached to an aromatic ring is 1. The SMILES string of the molecule is Cc1c2oc3ccccc3[n+]2cn1N. The van der Waals surface area contributed by atoms with Gasteiger partial charge in [0, 0.05) is 6.92 Å². The molecule has 14 heavy (non-hydrogen) atoms. The van der Waals surface area contributed by atoms with Gasteiger partial charge in [0.05, 0.1) is 0 Å². The van der Waals surface area contributed by atoms with Crippen molar-refractivity contribution in [1.29, 1.82) is 0 Å². The smallest absolute Gasteiger partial charge is 0.341 e. The molecule has 0 saturated carbocycles. The fraction of sp³-hybridized carbons (Fsp3) is 0.100. The first-order valence-electron chi connectivity index (χ1n) is 4.43. The summed E-state index contributed by atoms with van der Waals surface area (Å²) in [6.45, 7) is 1.93. The molecule has 4 heteroatoms. The lowest BCUT2D eigenvalue weighted by Gasteiger charge is -1.83. The molecule has 1 aromatic carbocycles. The molecule has 0 aliphatic carbocycles. The number of aryl methyl sites for hydroxylation is 1. The van der Waals surface area contributed by atoms with E-state index in [4.69, 9.17) is 10.3 Å². The molecule has 0 spiro atoms. The summed E-state index contributed by atoms with van der Waals surface area (Å²) in [5.41, 5.74) is 3.64. The molecule has 0 aliphatic heterocycles. The Labute approximate surface area is 80.1 Å². The minimum Gasteiger partial charge on any atom is -0.415 e. The van der Waals surface area contributed by atoms with E-state index < -0.39 is 0 Å². The summed E-state index contributed by atoms with van der Waals surface area (Å²) in [5.74, 6) is 5.72. The third kappa shape index (κ3) is 0.750. The van der Waals surface area contributed by atoms with Crippen molar-refractivity contribution < 1.29 is 8.82 Å². The van der Waals surface area contributed by atoms with Crippen LogP contribution in [0.2, 0.25) is 0 Å². The van der Waals surface area contributed by atoms with Crippen LogP contribution in [0, 0.1) is 6.92 Å². The number of benzene rings is 1. The van der Waals surface area contributed by atoms with Gasteiger partial charge in [0.2, 0.25) is 5.69 Å². The predicted octanol–water partition coefficient (Wildman–Crippen LogP) is 0.995. The summed E-state index contributed by atoms with van der Waals surface area (Å²) in [5, 5.41) is 0. The van der Waals surface area contributed by atoms with E-state index in [2.05, 4.69) is 0 Å². The van der Waals surface area contributed by atoms with Crippen LogP contribution in [-0.2, 0) is 0 Å². The van der Waals surface area contributed by atoms with Gasteiger partial charge in [-0.25, -0.2) is 0 Å². The van der Waals surface area contributed by atoms with Gasteiger partial charge in [-0.3, -0.25) is 5.84 Å². The zero-order valence-electron chi connectivity index (χ0n) is 7.77. The predicted molar refractivity (Wildman–Crippen MR) is 52.3 cm³/mol. The molecule has 70 valence electrons. The fourth-order valence-corrected chi connectivity index (χ4v) is 1.69. The molecule has 0 saturated heterocycles. The zero-order chi connectivity index (χ0) is 9.71. The Bertz CT molecular complexity index is 621. The van der Waals surface area contributed by atoms with E-state index in [0.29, 0.717) is 0 Å². The lowest BCUT2D eigenvalue weighted by Crippen LogP contribution is -2.17. The molecule has 0 aliphatic rings. The lowest BCUT2D eigenvalue weighted by molar-refractivity contribution is -0.485. The highest BCUT2D eigenvalue weighted by Crippen LogP contribution is 2.16. The molecule has 0 unspecified atom stereocenters. The first-order chi connectivity index (χ1) is 6.77. The van der Waals surface area contributed by atoms with Gasteiger partial charge in [-0.1, -0.05) is 12.1 Å². The number of nitrogens with zero attached hydrogens (tertiary/aromatic N) is 2. The van der Waals surface area contributed by atoms with E-state index in [9.17, 15) is 0 Å². The maximum Gasteiger partial charge on any atom is 0.341 e. The number of rotatable bonds is 0. The summed E-state index contributed by atoms with van der Waals surface area (Å²) in [6.07, 6.45) is 1.82. The van der Waals surface area contributed by atoms with Crippen molar-refractivity contribution in [2.75, 3.05) is 5.84 Å². The molecule has 3 aromatic rings. The van der Waals surface area contributed by atoms with Crippen molar-refractivity contribution in [2.24, 2.45) is 0 Å². The third-order valence-corrected chi connectivity index (χ3v) is 2.49. The molecule has 0 bridgehead atoms. The maximum absolute atomic E-state index is 5.72. The highest BCUT2D eigenvalue weighted by molar-refractivity contribution is 5.71. The zero-order valence-corrected chi connectivity index (χ0v) is 7.77. The van der Waals surface area contributed by atoms with E-state index in [1.165, 1.54) is 0 Å². The van der Waals surface area contributed by atoms with E-state index in [1.54, 1.807) is 4.68 Å². The highest BCUT2D eigenvalue weighted by atomic mass is 16.3. The summed E-state index contributed by atoms with van der Waals surface area (Å²) in [7, 11) is 0. The molecule has 3 rings (SSSR count). The minimum atomic E-state index is 0.800. The molecule has 2 aromatic heterocycles. The van der Waals surface area contributed by atoms with E-state index in [-0.39, 0.29) is 0 Å². The van der Waals surface area contributed by atoms with Gasteiger partial charge >= 0.3 is 5.71 Å². The number of nitrogens with two attached hydrogens (primary N) is 1. The standard InChI is InChI=1S/C10H10N3O/c1-7-10-12(6-13(7)11)8-4-2-3-5-9(8)14-10/h2-6H,11H2,1H3/q+1. The van der Waals surface area contributed by atoms with Gasteiger partial charge in [-0.05, 0) is 12.1 Å². The second kappa shape index (κ2) is 2.29. The number of para-hydroxylation sites is 2. The van der Waals surface area contributed by atoms with Crippen molar-refractivity contribution in [3.63, 3.8) is 0 Å². The quantitative estimate of drug-likeness (QED) is 0.422. The number of hydrogen-bond acceptors (Lipinski definition) is 2. The molecule has 4 nitrogen and oxygen atoms in total. The molecule has 2 heterocycles. The second-order valence-corrected chi connectivity index (χ2v) is 3.35. The second-order valence-electron chi connectivity index (χ2n) is 3.35. The average Bonchev–Trinajstić information content (AvgIpc) is 2.67. The van der Waals surface area contributed by atoms with Crippen molar-refractivity contribution in [3.8, 4) is 0 Å². The molecule has 0 radical (unpaired) electrons. The molecular weight excluding hydrogens is 178 g/mol. The Kier molecular flexibility index (Phi) is 1.21. The van der Waals surface area contributed by atoms with Gasteiger partial charge < -0.3 is 4.42 Å². The fourth-order valence-electron chi connectivity index (χ4n) is 1.69. The van der Waals surface area contributed by atoms with Crippen molar-refractivity contribution in [3.05, 3.63) is 36.3 Å². The topological polar surface area (TPSA) is 48.2 Å². The summed E-state index contributed by atoms with van der Waals surface area (Å²) >= 11 is 0. The maximum atomic E-state index is 5.72. The number of aromatic nitrogens is 2. The monoisotopic (exact) mass is 188 g/mol. The lowest BCUT2D eigenvalue weighted by atomic mass is 10.3. The van der Waals surface area contributed by atoms with Crippen LogP contribution in [0.5, 0.6) is 0 Å². The molecular formula is C10H10N3O+.